The molecule has 21 heavy (non-hydrogen) atoms. The summed E-state index contributed by atoms with van der Waals surface area (Å²) < 4.78 is 5.22. The molecule has 1 N–H and O–H groups in total. The summed E-state index contributed by atoms with van der Waals surface area (Å²) in [7, 11) is 6.43. The Morgan fingerprint density at radius 2 is 2.14 bits per heavy atom. The monoisotopic (exact) mass is 304 g/mol. The number of anilines is 1. The maximum Gasteiger partial charge on any atom is 0.161 e. The molecule has 2 aromatic rings. The summed E-state index contributed by atoms with van der Waals surface area (Å²) in [6, 6.07) is 9.74. The number of hydrogen-bond donors (Lipinski definition) is 1. The molecule has 4 nitrogen and oxygen atoms in total. The lowest BCUT2D eigenvalue weighted by atomic mass is 10.1. The molecule has 1 heterocycles. The molecule has 2 rings (SSSR count). The maximum atomic E-state index is 9.91. The zero-order valence-electron chi connectivity index (χ0n) is 12.6. The van der Waals surface area contributed by atoms with Gasteiger partial charge in [0.25, 0.3) is 0 Å². The van der Waals surface area contributed by atoms with Gasteiger partial charge in [-0.1, -0.05) is 12.1 Å². The largest absolute Gasteiger partial charge is 0.504 e. The second-order valence-corrected chi connectivity index (χ2v) is 5.87. The van der Waals surface area contributed by atoms with Crippen molar-refractivity contribution >= 4 is 15.1 Å². The highest BCUT2D eigenvalue weighted by Crippen LogP contribution is 2.35. The minimum absolute atomic E-state index is 0.205. The van der Waals surface area contributed by atoms with Gasteiger partial charge in [0.15, 0.2) is 11.5 Å². The van der Waals surface area contributed by atoms with Crippen LogP contribution in [0.1, 0.15) is 16.8 Å². The minimum Gasteiger partial charge on any atom is -0.504 e. The molecule has 0 aliphatic heterocycles. The van der Waals surface area contributed by atoms with E-state index in [-0.39, 0.29) is 11.4 Å². The number of benzene rings is 1. The van der Waals surface area contributed by atoms with Gasteiger partial charge < -0.3 is 14.7 Å². The van der Waals surface area contributed by atoms with Crippen LogP contribution in [0.25, 0.3) is 0 Å². The molecule has 0 aliphatic rings. The zero-order valence-corrected chi connectivity index (χ0v) is 13.7. The summed E-state index contributed by atoms with van der Waals surface area (Å²) in [6.45, 7) is 2.68. The maximum absolute atomic E-state index is 9.91. The average molecular weight is 304 g/mol. The first kappa shape index (κ1) is 15.6. The van der Waals surface area contributed by atoms with Crippen LogP contribution in [0.5, 0.6) is 11.5 Å². The predicted octanol–water partition coefficient (Wildman–Crippen LogP) is 3.16. The molecule has 5 heteroatoms. The van der Waals surface area contributed by atoms with Gasteiger partial charge >= 0.3 is 0 Å². The normalized spacial score (nSPS) is 12.0. The van der Waals surface area contributed by atoms with E-state index in [2.05, 4.69) is 19.1 Å². The van der Waals surface area contributed by atoms with E-state index >= 15 is 0 Å². The molecular formula is C16H21N2O2P. The third-order valence-corrected chi connectivity index (χ3v) is 4.04. The Morgan fingerprint density at radius 1 is 1.38 bits per heavy atom. The molecule has 0 fully saturated rings. The lowest BCUT2D eigenvalue weighted by Crippen LogP contribution is -2.22. The van der Waals surface area contributed by atoms with E-state index in [1.54, 1.807) is 13.3 Å². The number of ether oxygens (including phenoxy) is 1. The summed E-state index contributed by atoms with van der Waals surface area (Å²) in [5.41, 5.74) is 2.14. The van der Waals surface area contributed by atoms with E-state index in [1.165, 1.54) is 0 Å². The lowest BCUT2D eigenvalue weighted by molar-refractivity contribution is 0.371. The molecule has 0 aliphatic carbocycles. The Hall–Kier alpha value is -1.80. The first-order chi connectivity index (χ1) is 10.0. The summed E-state index contributed by atoms with van der Waals surface area (Å²) in [5, 5.41) is 9.91. The molecule has 0 saturated carbocycles. The second-order valence-electron chi connectivity index (χ2n) is 5.06. The fourth-order valence-corrected chi connectivity index (χ4v) is 2.73. The second kappa shape index (κ2) is 6.77. The first-order valence-corrected chi connectivity index (χ1v) is 7.45. The number of aromatic hydroxyl groups is 1. The van der Waals surface area contributed by atoms with Crippen molar-refractivity contribution in [3.63, 3.8) is 0 Å². The first-order valence-electron chi connectivity index (χ1n) is 6.78. The van der Waals surface area contributed by atoms with Crippen molar-refractivity contribution in [3.8, 4) is 11.5 Å². The quantitative estimate of drug-likeness (QED) is 0.862. The number of rotatable bonds is 5. The van der Waals surface area contributed by atoms with Crippen molar-refractivity contribution in [1.82, 2.24) is 4.98 Å². The van der Waals surface area contributed by atoms with Crippen molar-refractivity contribution in [2.75, 3.05) is 25.6 Å². The third-order valence-electron chi connectivity index (χ3n) is 3.45. The van der Waals surface area contributed by atoms with Crippen molar-refractivity contribution < 1.29 is 9.84 Å². The topological polar surface area (TPSA) is 45.6 Å². The molecule has 2 atom stereocenters. The van der Waals surface area contributed by atoms with Gasteiger partial charge in [0, 0.05) is 25.4 Å². The Labute approximate surface area is 128 Å². The Bertz CT molecular complexity index is 605. The van der Waals surface area contributed by atoms with E-state index in [4.69, 9.17) is 4.74 Å². The summed E-state index contributed by atoms with van der Waals surface area (Å²) in [6.07, 6.45) is 1.79. The van der Waals surface area contributed by atoms with Crippen LogP contribution in [0.15, 0.2) is 36.5 Å². The van der Waals surface area contributed by atoms with E-state index in [9.17, 15) is 5.11 Å². The fourth-order valence-electron chi connectivity index (χ4n) is 2.22. The number of methoxy groups -OCH3 is 1. The van der Waals surface area contributed by atoms with Crippen LogP contribution in [-0.2, 0) is 0 Å². The molecule has 1 aromatic heterocycles. The summed E-state index contributed by atoms with van der Waals surface area (Å²) in [4.78, 5) is 6.45. The van der Waals surface area contributed by atoms with Gasteiger partial charge in [-0.25, -0.2) is 4.98 Å². The van der Waals surface area contributed by atoms with Crippen LogP contribution in [-0.4, -0.2) is 30.8 Å². The van der Waals surface area contributed by atoms with Gasteiger partial charge in [0.1, 0.15) is 5.82 Å². The molecule has 0 amide bonds. The van der Waals surface area contributed by atoms with Gasteiger partial charge in [-0.3, -0.25) is 0 Å². The number of phenols is 1. The molecule has 0 saturated heterocycles. The highest BCUT2D eigenvalue weighted by molar-refractivity contribution is 7.17. The fraction of sp³-hybridized carbons (Fsp3) is 0.312. The average Bonchev–Trinajstić information content (AvgIpc) is 2.50. The summed E-state index contributed by atoms with van der Waals surface area (Å²) >= 11 is 0. The van der Waals surface area contributed by atoms with Gasteiger partial charge in [-0.05, 0) is 36.2 Å². The predicted molar refractivity (Wildman–Crippen MR) is 89.4 cm³/mol. The van der Waals surface area contributed by atoms with Crippen LogP contribution in [0.2, 0.25) is 0 Å². The number of phenolic OH excluding ortho intramolecular Hbond substituents is 1. The van der Waals surface area contributed by atoms with Crippen LogP contribution < -0.4 is 9.64 Å². The Morgan fingerprint density at radius 3 is 2.76 bits per heavy atom. The molecule has 112 valence electrons. The summed E-state index contributed by atoms with van der Waals surface area (Å²) in [5.74, 6) is 1.65. The van der Waals surface area contributed by atoms with Crippen LogP contribution in [0.4, 0.5) is 5.82 Å². The van der Waals surface area contributed by atoms with Crippen molar-refractivity contribution in [1.29, 1.82) is 0 Å². The van der Waals surface area contributed by atoms with Gasteiger partial charge in [0.2, 0.25) is 0 Å². The molecular weight excluding hydrogens is 283 g/mol. The van der Waals surface area contributed by atoms with E-state index in [0.717, 1.165) is 23.5 Å². The standard InChI is InChI=1S/C16H21N2O2P/c1-11-8-12(9-13(20-3)16(11)19)14(21)10-18(2)15-6-4-5-7-17-15/h4-9,14,19H,10,21H2,1-3H3. The number of pyridine rings is 1. The van der Waals surface area contributed by atoms with Crippen LogP contribution >= 0.6 is 9.24 Å². The molecule has 0 spiro atoms. The van der Waals surface area contributed by atoms with Crippen LogP contribution in [0, 0.1) is 6.92 Å². The molecule has 0 bridgehead atoms. The van der Waals surface area contributed by atoms with Crippen LogP contribution in [0.3, 0.4) is 0 Å². The van der Waals surface area contributed by atoms with E-state index in [0.29, 0.717) is 5.75 Å². The van der Waals surface area contributed by atoms with E-state index < -0.39 is 0 Å². The Kier molecular flexibility index (Phi) is 5.03. The van der Waals surface area contributed by atoms with Gasteiger partial charge in [-0.15, -0.1) is 9.24 Å². The highest BCUT2D eigenvalue weighted by atomic mass is 31.0. The van der Waals surface area contributed by atoms with Crippen molar-refractivity contribution in [2.24, 2.45) is 0 Å². The molecule has 0 radical (unpaired) electrons. The smallest absolute Gasteiger partial charge is 0.161 e. The SMILES string of the molecule is COc1cc(C(P)CN(C)c2ccccn2)cc(C)c1O. The molecule has 1 aromatic carbocycles. The van der Waals surface area contributed by atoms with Crippen molar-refractivity contribution in [3.05, 3.63) is 47.7 Å². The number of aromatic nitrogens is 1. The number of nitrogens with zero attached hydrogens (tertiary/aromatic N) is 2. The van der Waals surface area contributed by atoms with Gasteiger partial charge in [-0.2, -0.15) is 0 Å². The highest BCUT2D eigenvalue weighted by Gasteiger charge is 2.14. The van der Waals surface area contributed by atoms with E-state index in [1.807, 2.05) is 44.3 Å². The Balaban J connectivity index is 2.17. The zero-order chi connectivity index (χ0) is 15.4. The van der Waals surface area contributed by atoms with Crippen molar-refractivity contribution in [2.45, 2.75) is 12.6 Å². The molecule has 2 unspecified atom stereocenters. The van der Waals surface area contributed by atoms with Gasteiger partial charge in [0.05, 0.1) is 7.11 Å². The lowest BCUT2D eigenvalue weighted by Gasteiger charge is -2.23. The number of likely N-dealkylation sites (N-methyl/N-ethyl adjacent to an activating group) is 1. The minimum atomic E-state index is 0.205. The number of aryl methyl sites for hydroxylation is 1. The third kappa shape index (κ3) is 3.64. The number of hydrogen-bond acceptors (Lipinski definition) is 4.